The third-order valence-electron chi connectivity index (χ3n) is 3.92. The van der Waals surface area contributed by atoms with E-state index in [0.29, 0.717) is 31.5 Å². The van der Waals surface area contributed by atoms with Crippen LogP contribution >= 0.6 is 0 Å². The Morgan fingerprint density at radius 3 is 2.59 bits per heavy atom. The Bertz CT molecular complexity index is 857. The van der Waals surface area contributed by atoms with E-state index in [9.17, 15) is 0 Å². The average molecular weight is 364 g/mol. The van der Waals surface area contributed by atoms with E-state index in [1.165, 1.54) is 5.56 Å². The zero-order valence-electron chi connectivity index (χ0n) is 15.6. The number of hydrogen-bond acceptors (Lipinski definition) is 4. The van der Waals surface area contributed by atoms with Crippen LogP contribution < -0.4 is 15.4 Å². The first-order chi connectivity index (χ1) is 13.2. The van der Waals surface area contributed by atoms with Crippen LogP contribution in [0, 0.1) is 6.92 Å². The summed E-state index contributed by atoms with van der Waals surface area (Å²) in [4.78, 5) is 8.70. The van der Waals surface area contributed by atoms with Crippen LogP contribution in [0.2, 0.25) is 0 Å². The maximum atomic E-state index is 5.70. The number of rotatable bonds is 7. The van der Waals surface area contributed by atoms with Gasteiger partial charge in [-0.1, -0.05) is 35.9 Å². The molecule has 140 valence electrons. The van der Waals surface area contributed by atoms with E-state index in [1.807, 2.05) is 54.6 Å². The van der Waals surface area contributed by atoms with Crippen LogP contribution in [0.5, 0.6) is 5.75 Å². The minimum atomic E-state index is 0.523. The molecule has 1 heterocycles. The molecule has 3 aromatic rings. The minimum absolute atomic E-state index is 0.523. The summed E-state index contributed by atoms with van der Waals surface area (Å²) < 4.78 is 11.2. The van der Waals surface area contributed by atoms with Gasteiger partial charge in [0.25, 0.3) is 0 Å². The first-order valence-electron chi connectivity index (χ1n) is 8.88. The Kier molecular flexibility index (Phi) is 6.46. The van der Waals surface area contributed by atoms with Crippen molar-refractivity contribution in [3.05, 3.63) is 72.1 Å². The van der Waals surface area contributed by atoms with Gasteiger partial charge in [0.05, 0.1) is 18.8 Å². The molecule has 6 nitrogen and oxygen atoms in total. The van der Waals surface area contributed by atoms with Crippen molar-refractivity contribution in [1.82, 2.24) is 15.6 Å². The fraction of sp³-hybridized carbons (Fsp3) is 0.238. The molecule has 3 rings (SSSR count). The number of oxazole rings is 1. The van der Waals surface area contributed by atoms with Gasteiger partial charge in [0.2, 0.25) is 5.89 Å². The van der Waals surface area contributed by atoms with E-state index in [2.05, 4.69) is 27.5 Å². The number of nitrogens with one attached hydrogen (secondary N) is 2. The van der Waals surface area contributed by atoms with E-state index in [-0.39, 0.29) is 0 Å². The van der Waals surface area contributed by atoms with Crippen LogP contribution in [-0.4, -0.2) is 31.1 Å². The lowest BCUT2D eigenvalue weighted by molar-refractivity contribution is 0.322. The molecule has 0 aliphatic carbocycles. The summed E-state index contributed by atoms with van der Waals surface area (Å²) in [6, 6.07) is 17.8. The molecule has 27 heavy (non-hydrogen) atoms. The number of aliphatic imine (C=N–C) groups is 1. The number of benzene rings is 2. The summed E-state index contributed by atoms with van der Waals surface area (Å²) in [6.45, 7) is 3.76. The maximum absolute atomic E-state index is 5.70. The summed E-state index contributed by atoms with van der Waals surface area (Å²) in [5.74, 6) is 2.16. The summed E-state index contributed by atoms with van der Waals surface area (Å²) in [5, 5.41) is 6.43. The minimum Gasteiger partial charge on any atom is -0.492 e. The molecule has 0 radical (unpaired) electrons. The average Bonchev–Trinajstić information content (AvgIpc) is 3.18. The van der Waals surface area contributed by atoms with Gasteiger partial charge in [0.15, 0.2) is 5.96 Å². The second kappa shape index (κ2) is 9.43. The molecule has 2 aromatic carbocycles. The highest BCUT2D eigenvalue weighted by molar-refractivity contribution is 5.79. The summed E-state index contributed by atoms with van der Waals surface area (Å²) in [5.41, 5.74) is 2.99. The molecule has 0 fully saturated rings. The van der Waals surface area contributed by atoms with E-state index in [0.717, 1.165) is 17.0 Å². The van der Waals surface area contributed by atoms with Crippen molar-refractivity contribution in [2.45, 2.75) is 13.5 Å². The summed E-state index contributed by atoms with van der Waals surface area (Å²) >= 11 is 0. The van der Waals surface area contributed by atoms with Crippen LogP contribution in [0.25, 0.3) is 11.5 Å². The van der Waals surface area contributed by atoms with Crippen molar-refractivity contribution in [2.75, 3.05) is 20.2 Å². The third kappa shape index (κ3) is 5.60. The molecule has 6 heteroatoms. The molecule has 0 spiro atoms. The molecule has 0 unspecified atom stereocenters. The Hall–Kier alpha value is -3.28. The zero-order valence-corrected chi connectivity index (χ0v) is 15.6. The van der Waals surface area contributed by atoms with Gasteiger partial charge < -0.3 is 19.8 Å². The van der Waals surface area contributed by atoms with Crippen LogP contribution in [0.3, 0.4) is 0 Å². The van der Waals surface area contributed by atoms with E-state index >= 15 is 0 Å². The first kappa shape index (κ1) is 18.5. The second-order valence-electron chi connectivity index (χ2n) is 6.02. The highest BCUT2D eigenvalue weighted by Gasteiger charge is 2.07. The second-order valence-corrected chi connectivity index (χ2v) is 6.02. The van der Waals surface area contributed by atoms with E-state index < -0.39 is 0 Å². The Morgan fingerprint density at radius 2 is 1.85 bits per heavy atom. The molecular weight excluding hydrogens is 340 g/mol. The summed E-state index contributed by atoms with van der Waals surface area (Å²) in [7, 11) is 1.73. The smallest absolute Gasteiger partial charge is 0.226 e. The van der Waals surface area contributed by atoms with Gasteiger partial charge >= 0.3 is 0 Å². The van der Waals surface area contributed by atoms with Crippen molar-refractivity contribution in [3.8, 4) is 17.2 Å². The maximum Gasteiger partial charge on any atom is 0.226 e. The lowest BCUT2D eigenvalue weighted by Gasteiger charge is -2.11. The van der Waals surface area contributed by atoms with Gasteiger partial charge in [-0.15, -0.1) is 0 Å². The molecule has 0 atom stereocenters. The highest BCUT2D eigenvalue weighted by atomic mass is 16.5. The van der Waals surface area contributed by atoms with Crippen molar-refractivity contribution < 1.29 is 9.15 Å². The highest BCUT2D eigenvalue weighted by Crippen LogP contribution is 2.17. The van der Waals surface area contributed by atoms with Crippen molar-refractivity contribution in [2.24, 2.45) is 4.99 Å². The third-order valence-corrected chi connectivity index (χ3v) is 3.92. The lowest BCUT2D eigenvalue weighted by Crippen LogP contribution is -2.38. The number of guanidine groups is 1. The molecule has 2 N–H and O–H groups in total. The van der Waals surface area contributed by atoms with Gasteiger partial charge in [0.1, 0.15) is 18.6 Å². The van der Waals surface area contributed by atoms with Crippen molar-refractivity contribution in [3.63, 3.8) is 0 Å². The topological polar surface area (TPSA) is 71.7 Å². The Labute approximate surface area is 159 Å². The van der Waals surface area contributed by atoms with Crippen LogP contribution in [-0.2, 0) is 6.54 Å². The van der Waals surface area contributed by atoms with E-state index in [1.54, 1.807) is 13.3 Å². The number of hydrogen-bond donors (Lipinski definition) is 2. The van der Waals surface area contributed by atoms with Crippen LogP contribution in [0.15, 0.2) is 70.3 Å². The zero-order chi connectivity index (χ0) is 18.9. The number of aromatic nitrogens is 1. The number of ether oxygens (including phenoxy) is 1. The van der Waals surface area contributed by atoms with Gasteiger partial charge in [-0.2, -0.15) is 0 Å². The molecule has 0 aliphatic rings. The van der Waals surface area contributed by atoms with Gasteiger partial charge in [0, 0.05) is 12.6 Å². The molecular formula is C21H24N4O2. The quantitative estimate of drug-likeness (QED) is 0.382. The fourth-order valence-corrected chi connectivity index (χ4v) is 2.47. The van der Waals surface area contributed by atoms with Crippen molar-refractivity contribution in [1.29, 1.82) is 0 Å². The monoisotopic (exact) mass is 364 g/mol. The largest absolute Gasteiger partial charge is 0.492 e. The van der Waals surface area contributed by atoms with Gasteiger partial charge in [-0.3, -0.25) is 4.99 Å². The van der Waals surface area contributed by atoms with Crippen LogP contribution in [0.1, 0.15) is 11.3 Å². The SMILES string of the molecule is CN=C(NCCOc1ccc(C)cc1)NCc1coc(-c2ccccc2)n1. The first-order valence-corrected chi connectivity index (χ1v) is 8.88. The molecule has 0 bridgehead atoms. The Morgan fingerprint density at radius 1 is 1.07 bits per heavy atom. The molecule has 0 saturated heterocycles. The summed E-state index contributed by atoms with van der Waals surface area (Å²) in [6.07, 6.45) is 1.66. The van der Waals surface area contributed by atoms with Crippen LogP contribution in [0.4, 0.5) is 0 Å². The number of aryl methyl sites for hydroxylation is 1. The van der Waals surface area contributed by atoms with Crippen molar-refractivity contribution >= 4 is 5.96 Å². The predicted molar refractivity (Wildman–Crippen MR) is 107 cm³/mol. The Balaban J connectivity index is 1.41. The number of nitrogens with zero attached hydrogens (tertiary/aromatic N) is 2. The molecule has 0 aliphatic heterocycles. The van der Waals surface area contributed by atoms with Gasteiger partial charge in [-0.25, -0.2) is 4.98 Å². The fourth-order valence-electron chi connectivity index (χ4n) is 2.47. The molecule has 0 amide bonds. The predicted octanol–water partition coefficient (Wildman–Crippen LogP) is 3.39. The lowest BCUT2D eigenvalue weighted by atomic mass is 10.2. The van der Waals surface area contributed by atoms with E-state index in [4.69, 9.17) is 9.15 Å². The van der Waals surface area contributed by atoms with Gasteiger partial charge in [-0.05, 0) is 31.2 Å². The normalized spacial score (nSPS) is 11.3. The standard InChI is InChI=1S/C21H24N4O2/c1-16-8-10-19(11-9-16)26-13-12-23-21(22-2)24-14-18-15-27-20(25-18)17-6-4-3-5-7-17/h3-11,15H,12-14H2,1-2H3,(H2,22,23,24). The molecule has 0 saturated carbocycles. The molecule has 1 aromatic heterocycles.